The van der Waals surface area contributed by atoms with E-state index in [1.165, 1.54) is 13.2 Å². The van der Waals surface area contributed by atoms with E-state index in [0.717, 1.165) is 10.8 Å². The van der Waals surface area contributed by atoms with Crippen LogP contribution in [-0.2, 0) is 6.54 Å². The lowest BCUT2D eigenvalue weighted by atomic mass is 10.1. The molecule has 0 aliphatic rings. The topological polar surface area (TPSA) is 64.3 Å². The normalized spacial score (nSPS) is 11.8. The molecule has 0 bridgehead atoms. The summed E-state index contributed by atoms with van der Waals surface area (Å²) in [6, 6.07) is 4.82. The minimum Gasteiger partial charge on any atom is -0.494 e. The molecule has 0 aliphatic heterocycles. The van der Waals surface area contributed by atoms with E-state index < -0.39 is 18.7 Å². The smallest absolute Gasteiger partial charge is 0.406 e. The van der Waals surface area contributed by atoms with Gasteiger partial charge in [-0.15, -0.1) is 0 Å². The summed E-state index contributed by atoms with van der Waals surface area (Å²) in [6.45, 7) is 2.36. The van der Waals surface area contributed by atoms with E-state index >= 15 is 0 Å². The number of aromatic carboxylic acids is 1. The first-order valence-electron chi connectivity index (χ1n) is 7.18. The fourth-order valence-electron chi connectivity index (χ4n) is 2.86. The summed E-state index contributed by atoms with van der Waals surface area (Å²) in [5, 5.41) is 9.74. The highest BCUT2D eigenvalue weighted by molar-refractivity contribution is 6.10. The van der Waals surface area contributed by atoms with E-state index in [2.05, 4.69) is 11.6 Å². The van der Waals surface area contributed by atoms with Crippen LogP contribution in [0.25, 0.3) is 28.0 Å². The van der Waals surface area contributed by atoms with Gasteiger partial charge in [-0.2, -0.15) is 13.2 Å². The van der Waals surface area contributed by atoms with E-state index in [0.29, 0.717) is 10.9 Å². The van der Waals surface area contributed by atoms with Crippen LogP contribution in [0.15, 0.2) is 31.0 Å². The van der Waals surface area contributed by atoms with Gasteiger partial charge in [-0.05, 0) is 17.7 Å². The molecule has 2 aromatic heterocycles. The Bertz CT molecular complexity index is 1010. The molecule has 0 unspecified atom stereocenters. The van der Waals surface area contributed by atoms with Crippen molar-refractivity contribution in [3.8, 4) is 5.75 Å². The quantitative estimate of drug-likeness (QED) is 0.769. The molecule has 0 saturated heterocycles. The molecule has 2 heterocycles. The molecule has 0 radical (unpaired) electrons. The van der Waals surface area contributed by atoms with Gasteiger partial charge in [-0.25, -0.2) is 4.79 Å². The van der Waals surface area contributed by atoms with Crippen LogP contribution in [0.5, 0.6) is 5.75 Å². The lowest BCUT2D eigenvalue weighted by Gasteiger charge is -2.13. The first kappa shape index (κ1) is 16.8. The van der Waals surface area contributed by atoms with Crippen LogP contribution in [0.2, 0.25) is 0 Å². The third kappa shape index (κ3) is 2.79. The Labute approximate surface area is 139 Å². The number of rotatable bonds is 4. The fraction of sp³-hybridized carbons (Fsp3) is 0.176. The molecule has 5 nitrogen and oxygen atoms in total. The van der Waals surface area contributed by atoms with Gasteiger partial charge in [0.15, 0.2) is 5.75 Å². The van der Waals surface area contributed by atoms with Crippen molar-refractivity contribution in [1.29, 1.82) is 0 Å². The summed E-state index contributed by atoms with van der Waals surface area (Å²) in [6.07, 6.45) is -1.85. The standard InChI is InChI=1S/C17H13F3N2O3/c1-3-9-4-5-12-10(6-9)13-14(22(12)8-17(18,19)20)15(25-2)11(7-21-13)16(23)24/h3-7H,1,8H2,2H3,(H,23,24). The van der Waals surface area contributed by atoms with Gasteiger partial charge in [0.2, 0.25) is 0 Å². The second-order valence-electron chi connectivity index (χ2n) is 5.39. The number of carboxylic acids is 1. The summed E-state index contributed by atoms with van der Waals surface area (Å²) in [7, 11) is 1.21. The number of carbonyl (C=O) groups is 1. The average molecular weight is 350 g/mol. The highest BCUT2D eigenvalue weighted by Gasteiger charge is 2.32. The Morgan fingerprint density at radius 2 is 2.16 bits per heavy atom. The second-order valence-corrected chi connectivity index (χ2v) is 5.39. The fourth-order valence-corrected chi connectivity index (χ4v) is 2.86. The SMILES string of the molecule is C=Cc1ccc2c(c1)c1ncc(C(=O)O)c(OC)c1n2CC(F)(F)F. The number of benzene rings is 1. The third-order valence-corrected chi connectivity index (χ3v) is 3.85. The van der Waals surface area contributed by atoms with Crippen LogP contribution in [0.1, 0.15) is 15.9 Å². The zero-order chi connectivity index (χ0) is 18.4. The van der Waals surface area contributed by atoms with Gasteiger partial charge < -0.3 is 14.4 Å². The van der Waals surface area contributed by atoms with Crippen molar-refractivity contribution in [3.05, 3.63) is 42.1 Å². The summed E-state index contributed by atoms with van der Waals surface area (Å²) in [5.41, 5.74) is 0.929. The molecule has 0 spiro atoms. The number of halogens is 3. The van der Waals surface area contributed by atoms with Crippen LogP contribution in [0.4, 0.5) is 13.2 Å². The van der Waals surface area contributed by atoms with Crippen molar-refractivity contribution < 1.29 is 27.8 Å². The monoisotopic (exact) mass is 350 g/mol. The first-order valence-corrected chi connectivity index (χ1v) is 7.18. The Balaban J connectivity index is 2.50. The first-order chi connectivity index (χ1) is 11.8. The summed E-state index contributed by atoms with van der Waals surface area (Å²) < 4.78 is 45.4. The highest BCUT2D eigenvalue weighted by Crippen LogP contribution is 2.37. The van der Waals surface area contributed by atoms with Gasteiger partial charge in [0.05, 0.1) is 18.1 Å². The molecule has 0 amide bonds. The molecular weight excluding hydrogens is 337 g/mol. The van der Waals surface area contributed by atoms with Crippen molar-refractivity contribution in [3.63, 3.8) is 0 Å². The lowest BCUT2D eigenvalue weighted by molar-refractivity contribution is -0.139. The number of hydrogen-bond donors (Lipinski definition) is 1. The number of alkyl halides is 3. The van der Waals surface area contributed by atoms with E-state index in [1.807, 2.05) is 0 Å². The number of methoxy groups -OCH3 is 1. The number of ether oxygens (including phenoxy) is 1. The third-order valence-electron chi connectivity index (χ3n) is 3.85. The molecule has 0 aliphatic carbocycles. The average Bonchev–Trinajstić information content (AvgIpc) is 2.85. The van der Waals surface area contributed by atoms with Crippen molar-refractivity contribution in [1.82, 2.24) is 9.55 Å². The van der Waals surface area contributed by atoms with E-state index in [4.69, 9.17) is 4.74 Å². The zero-order valence-corrected chi connectivity index (χ0v) is 13.1. The van der Waals surface area contributed by atoms with Crippen molar-refractivity contribution in [2.24, 2.45) is 0 Å². The largest absolute Gasteiger partial charge is 0.494 e. The second kappa shape index (κ2) is 5.80. The molecule has 25 heavy (non-hydrogen) atoms. The highest BCUT2D eigenvalue weighted by atomic mass is 19.4. The van der Waals surface area contributed by atoms with Gasteiger partial charge in [-0.1, -0.05) is 18.7 Å². The van der Waals surface area contributed by atoms with Gasteiger partial charge in [0.1, 0.15) is 17.6 Å². The number of nitrogens with zero attached hydrogens (tertiary/aromatic N) is 2. The molecule has 0 atom stereocenters. The predicted octanol–water partition coefficient (Wildman–Crippen LogP) is 4.10. The molecule has 130 valence electrons. The van der Waals surface area contributed by atoms with E-state index in [-0.39, 0.29) is 27.9 Å². The Morgan fingerprint density at radius 3 is 2.72 bits per heavy atom. The molecule has 0 saturated carbocycles. The zero-order valence-electron chi connectivity index (χ0n) is 13.1. The van der Waals surface area contributed by atoms with E-state index in [1.54, 1.807) is 18.2 Å². The minimum absolute atomic E-state index is 0.00376. The molecule has 1 N–H and O–H groups in total. The molecule has 0 fully saturated rings. The molecule has 3 rings (SSSR count). The minimum atomic E-state index is -4.50. The predicted molar refractivity (Wildman–Crippen MR) is 86.9 cm³/mol. The number of aromatic nitrogens is 2. The molecule has 8 heteroatoms. The maximum absolute atomic E-state index is 13.1. The lowest BCUT2D eigenvalue weighted by Crippen LogP contribution is -2.18. The van der Waals surface area contributed by atoms with Crippen molar-refractivity contribution in [2.45, 2.75) is 12.7 Å². The van der Waals surface area contributed by atoms with Crippen LogP contribution < -0.4 is 4.74 Å². The number of pyridine rings is 1. The Hall–Kier alpha value is -3.03. The Morgan fingerprint density at radius 1 is 1.44 bits per heavy atom. The summed E-state index contributed by atoms with van der Waals surface area (Å²) >= 11 is 0. The maximum Gasteiger partial charge on any atom is 0.406 e. The summed E-state index contributed by atoms with van der Waals surface area (Å²) in [4.78, 5) is 15.5. The van der Waals surface area contributed by atoms with Crippen LogP contribution in [0, 0.1) is 0 Å². The van der Waals surface area contributed by atoms with Crippen molar-refractivity contribution >= 4 is 34.0 Å². The molecular formula is C17H13F3N2O3. The van der Waals surface area contributed by atoms with Gasteiger partial charge in [-0.3, -0.25) is 4.98 Å². The summed E-state index contributed by atoms with van der Waals surface area (Å²) in [5.74, 6) is -1.49. The molecule has 1 aromatic carbocycles. The van der Waals surface area contributed by atoms with Gasteiger partial charge in [0, 0.05) is 11.6 Å². The van der Waals surface area contributed by atoms with Crippen LogP contribution >= 0.6 is 0 Å². The number of fused-ring (bicyclic) bond motifs is 3. The van der Waals surface area contributed by atoms with E-state index in [9.17, 15) is 23.1 Å². The van der Waals surface area contributed by atoms with Gasteiger partial charge in [0.25, 0.3) is 0 Å². The number of carboxylic acid groups (broad SMARTS) is 1. The Kier molecular flexibility index (Phi) is 3.90. The molecule has 3 aromatic rings. The van der Waals surface area contributed by atoms with Crippen LogP contribution in [0.3, 0.4) is 0 Å². The number of hydrogen-bond acceptors (Lipinski definition) is 3. The van der Waals surface area contributed by atoms with Crippen molar-refractivity contribution in [2.75, 3.05) is 7.11 Å². The van der Waals surface area contributed by atoms with Gasteiger partial charge >= 0.3 is 12.1 Å². The van der Waals surface area contributed by atoms with Crippen LogP contribution in [-0.4, -0.2) is 33.9 Å². The maximum atomic E-state index is 13.1.